The van der Waals surface area contributed by atoms with E-state index >= 15 is 0 Å². The molecule has 0 heterocycles. The summed E-state index contributed by atoms with van der Waals surface area (Å²) in [6.45, 7) is 0.508. The number of carbonyl (C=O) groups excluding carboxylic acids is 1. The van der Waals surface area contributed by atoms with Crippen LogP contribution in [0.5, 0.6) is 11.5 Å². The second-order valence-corrected chi connectivity index (χ2v) is 7.18. The van der Waals surface area contributed by atoms with Crippen LogP contribution in [0.1, 0.15) is 15.9 Å². The third kappa shape index (κ3) is 5.36. The zero-order chi connectivity index (χ0) is 21.5. The van der Waals surface area contributed by atoms with Crippen molar-refractivity contribution in [3.8, 4) is 11.5 Å². The summed E-state index contributed by atoms with van der Waals surface area (Å²) in [4.78, 5) is 23.0. The molecule has 0 aliphatic heterocycles. The molecule has 0 radical (unpaired) electrons. The number of benzene rings is 3. The predicted octanol–water partition coefficient (Wildman–Crippen LogP) is 5.24. The van der Waals surface area contributed by atoms with Gasteiger partial charge in [0.25, 0.3) is 11.6 Å². The van der Waals surface area contributed by atoms with Crippen LogP contribution in [-0.4, -0.2) is 24.5 Å². The molecule has 0 saturated heterocycles. The Bertz CT molecular complexity index is 1060. The Balaban J connectivity index is 1.65. The number of nitro benzene ring substituents is 1. The van der Waals surface area contributed by atoms with E-state index in [0.717, 1.165) is 6.42 Å². The topological polar surface area (TPSA) is 90.7 Å². The molecule has 3 aromatic rings. The van der Waals surface area contributed by atoms with Crippen molar-refractivity contribution in [3.63, 3.8) is 0 Å². The van der Waals surface area contributed by atoms with Crippen molar-refractivity contribution in [1.29, 1.82) is 0 Å². The number of hydrogen-bond acceptors (Lipinski definition) is 5. The van der Waals surface area contributed by atoms with Crippen LogP contribution in [0.4, 0.5) is 11.4 Å². The van der Waals surface area contributed by atoms with Gasteiger partial charge in [-0.05, 0) is 45.8 Å². The van der Waals surface area contributed by atoms with Gasteiger partial charge in [-0.3, -0.25) is 14.9 Å². The average Bonchev–Trinajstić information content (AvgIpc) is 2.75. The average molecular weight is 471 g/mol. The second-order valence-electron chi connectivity index (χ2n) is 6.33. The van der Waals surface area contributed by atoms with Crippen molar-refractivity contribution >= 4 is 33.2 Å². The molecule has 8 heteroatoms. The fourth-order valence-electron chi connectivity index (χ4n) is 2.77. The molecule has 1 N–H and O–H groups in total. The maximum absolute atomic E-state index is 12.6. The summed E-state index contributed by atoms with van der Waals surface area (Å²) in [5.41, 5.74) is 1.80. The number of methoxy groups -OCH3 is 1. The molecule has 0 aromatic heterocycles. The summed E-state index contributed by atoms with van der Waals surface area (Å²) in [5, 5.41) is 13.6. The Morgan fingerprint density at radius 1 is 1.07 bits per heavy atom. The first-order chi connectivity index (χ1) is 14.5. The molecule has 3 rings (SSSR count). The van der Waals surface area contributed by atoms with Gasteiger partial charge in [0, 0.05) is 18.1 Å². The summed E-state index contributed by atoms with van der Waals surface area (Å²) >= 11 is 3.44. The summed E-state index contributed by atoms with van der Waals surface area (Å²) in [5.74, 6) is 0.464. The van der Waals surface area contributed by atoms with Crippen molar-refractivity contribution in [2.24, 2.45) is 0 Å². The van der Waals surface area contributed by atoms with Crippen LogP contribution < -0.4 is 14.8 Å². The molecule has 0 bridgehead atoms. The first-order valence-corrected chi connectivity index (χ1v) is 9.87. The Morgan fingerprint density at radius 3 is 2.50 bits per heavy atom. The lowest BCUT2D eigenvalue weighted by atomic mass is 10.1. The first kappa shape index (κ1) is 21.3. The number of carbonyl (C=O) groups is 1. The maximum Gasteiger partial charge on any atom is 0.273 e. The predicted molar refractivity (Wildman–Crippen MR) is 117 cm³/mol. The molecule has 0 spiro atoms. The van der Waals surface area contributed by atoms with Gasteiger partial charge in [-0.1, -0.05) is 30.3 Å². The van der Waals surface area contributed by atoms with E-state index in [4.69, 9.17) is 9.47 Å². The van der Waals surface area contributed by atoms with E-state index in [9.17, 15) is 14.9 Å². The lowest BCUT2D eigenvalue weighted by Gasteiger charge is -2.12. The molecule has 0 atom stereocenters. The van der Waals surface area contributed by atoms with E-state index in [1.165, 1.54) is 30.9 Å². The third-order valence-electron chi connectivity index (χ3n) is 4.33. The van der Waals surface area contributed by atoms with Gasteiger partial charge in [0.2, 0.25) is 0 Å². The normalized spacial score (nSPS) is 10.3. The minimum absolute atomic E-state index is 0.121. The highest BCUT2D eigenvalue weighted by molar-refractivity contribution is 9.10. The fraction of sp³-hybridized carbons (Fsp3) is 0.136. The van der Waals surface area contributed by atoms with E-state index < -0.39 is 4.92 Å². The van der Waals surface area contributed by atoms with Gasteiger partial charge in [0.05, 0.1) is 34.9 Å². The summed E-state index contributed by atoms with van der Waals surface area (Å²) in [6, 6.07) is 19.0. The van der Waals surface area contributed by atoms with Crippen molar-refractivity contribution in [3.05, 3.63) is 92.4 Å². The van der Waals surface area contributed by atoms with Gasteiger partial charge in [-0.25, -0.2) is 0 Å². The highest BCUT2D eigenvalue weighted by atomic mass is 79.9. The SMILES string of the molecule is COc1cc([N+](=O)[O-])ccc1NC(=O)c1ccc(OCCc2ccccc2)c(Br)c1. The van der Waals surface area contributed by atoms with Crippen LogP contribution in [0.25, 0.3) is 0 Å². The minimum Gasteiger partial charge on any atom is -0.494 e. The minimum atomic E-state index is -0.526. The number of nitrogens with zero attached hydrogens (tertiary/aromatic N) is 1. The van der Waals surface area contributed by atoms with Gasteiger partial charge in [0.1, 0.15) is 11.5 Å². The highest BCUT2D eigenvalue weighted by Crippen LogP contribution is 2.30. The Morgan fingerprint density at radius 2 is 1.83 bits per heavy atom. The number of non-ortho nitro benzene ring substituents is 1. The molecule has 0 fully saturated rings. The number of amides is 1. The lowest BCUT2D eigenvalue weighted by Crippen LogP contribution is -2.13. The number of halogens is 1. The molecule has 1 amide bonds. The monoisotopic (exact) mass is 470 g/mol. The molecule has 30 heavy (non-hydrogen) atoms. The Labute approximate surface area is 181 Å². The van der Waals surface area contributed by atoms with Crippen LogP contribution >= 0.6 is 15.9 Å². The van der Waals surface area contributed by atoms with Crippen LogP contribution in [0.3, 0.4) is 0 Å². The molecule has 0 saturated carbocycles. The number of nitrogens with one attached hydrogen (secondary N) is 1. The van der Waals surface area contributed by atoms with Gasteiger partial charge < -0.3 is 14.8 Å². The van der Waals surface area contributed by atoms with E-state index in [-0.39, 0.29) is 17.3 Å². The molecule has 3 aromatic carbocycles. The molecule has 154 valence electrons. The van der Waals surface area contributed by atoms with Crippen molar-refractivity contribution in [2.45, 2.75) is 6.42 Å². The summed E-state index contributed by atoms with van der Waals surface area (Å²) in [7, 11) is 1.38. The van der Waals surface area contributed by atoms with E-state index in [0.29, 0.717) is 28.1 Å². The van der Waals surface area contributed by atoms with Crippen molar-refractivity contribution in [2.75, 3.05) is 19.0 Å². The van der Waals surface area contributed by atoms with E-state index in [1.807, 2.05) is 30.3 Å². The molecule has 7 nitrogen and oxygen atoms in total. The lowest BCUT2D eigenvalue weighted by molar-refractivity contribution is -0.384. The summed E-state index contributed by atoms with van der Waals surface area (Å²) in [6.07, 6.45) is 0.773. The molecular formula is C22H19BrN2O5. The standard InChI is InChI=1S/C22H19BrN2O5/c1-29-21-14-17(25(27)28)8-9-19(21)24-22(26)16-7-10-20(18(23)13-16)30-12-11-15-5-3-2-4-6-15/h2-10,13-14H,11-12H2,1H3,(H,24,26). The van der Waals surface area contributed by atoms with Crippen molar-refractivity contribution < 1.29 is 19.2 Å². The van der Waals surface area contributed by atoms with Crippen LogP contribution in [0.2, 0.25) is 0 Å². The van der Waals surface area contributed by atoms with Crippen LogP contribution in [0.15, 0.2) is 71.2 Å². The van der Waals surface area contributed by atoms with E-state index in [2.05, 4.69) is 21.2 Å². The number of nitro groups is 1. The maximum atomic E-state index is 12.6. The fourth-order valence-corrected chi connectivity index (χ4v) is 3.27. The largest absolute Gasteiger partial charge is 0.494 e. The molecule has 0 unspecified atom stereocenters. The smallest absolute Gasteiger partial charge is 0.273 e. The number of hydrogen-bond donors (Lipinski definition) is 1. The number of anilines is 1. The highest BCUT2D eigenvalue weighted by Gasteiger charge is 2.15. The molecule has 0 aliphatic carbocycles. The Kier molecular flexibility index (Phi) is 7.03. The second kappa shape index (κ2) is 9.89. The van der Waals surface area contributed by atoms with E-state index in [1.54, 1.807) is 18.2 Å². The summed E-state index contributed by atoms with van der Waals surface area (Å²) < 4.78 is 11.6. The first-order valence-electron chi connectivity index (χ1n) is 9.08. The number of rotatable bonds is 8. The Hall–Kier alpha value is -3.39. The van der Waals surface area contributed by atoms with Gasteiger partial charge in [-0.2, -0.15) is 0 Å². The quantitative estimate of drug-likeness (QED) is 0.359. The third-order valence-corrected chi connectivity index (χ3v) is 4.95. The number of ether oxygens (including phenoxy) is 2. The van der Waals surface area contributed by atoms with Crippen molar-refractivity contribution in [1.82, 2.24) is 0 Å². The molecule has 0 aliphatic rings. The van der Waals surface area contributed by atoms with Gasteiger partial charge >= 0.3 is 0 Å². The zero-order valence-electron chi connectivity index (χ0n) is 16.1. The van der Waals surface area contributed by atoms with Crippen LogP contribution in [0, 0.1) is 10.1 Å². The molecular weight excluding hydrogens is 452 g/mol. The van der Waals surface area contributed by atoms with Gasteiger partial charge in [0.15, 0.2) is 0 Å². The zero-order valence-corrected chi connectivity index (χ0v) is 17.7. The van der Waals surface area contributed by atoms with Crippen LogP contribution in [-0.2, 0) is 6.42 Å². The van der Waals surface area contributed by atoms with Gasteiger partial charge in [-0.15, -0.1) is 0 Å².